The van der Waals surface area contributed by atoms with Crippen LogP contribution in [0.3, 0.4) is 0 Å². The van der Waals surface area contributed by atoms with Crippen LogP contribution >= 0.6 is 0 Å². The number of hydrogen-bond acceptors (Lipinski definition) is 6. The third-order valence-electron chi connectivity index (χ3n) is 5.39. The number of alkyl halides is 1. The van der Waals surface area contributed by atoms with Gasteiger partial charge in [-0.1, -0.05) is 60.7 Å². The zero-order valence-electron chi connectivity index (χ0n) is 18.8. The Morgan fingerprint density at radius 3 is 1.97 bits per heavy atom. The third-order valence-corrected chi connectivity index (χ3v) is 5.39. The van der Waals surface area contributed by atoms with Crippen LogP contribution < -0.4 is 5.32 Å². The number of benzene rings is 2. The normalized spacial score (nSPS) is 24.8. The zero-order valence-corrected chi connectivity index (χ0v) is 18.8. The summed E-state index contributed by atoms with van der Waals surface area (Å²) in [5.74, 6) is -0.865. The van der Waals surface area contributed by atoms with Crippen LogP contribution in [0.25, 0.3) is 0 Å². The van der Waals surface area contributed by atoms with Gasteiger partial charge in [0.1, 0.15) is 12.2 Å². The number of carbonyl (C=O) groups excluding carboxylic acids is 2. The van der Waals surface area contributed by atoms with Crippen molar-refractivity contribution in [1.29, 1.82) is 0 Å². The SMILES string of the molecule is CNC(=O)CCC(=O)O[C@@H]1C(C)O[C@@H](F)C(OCc2ccccc2)[C@H]1OCc1ccccc1. The van der Waals surface area contributed by atoms with Crippen molar-refractivity contribution in [3.8, 4) is 0 Å². The van der Waals surface area contributed by atoms with Crippen LogP contribution in [0.5, 0.6) is 0 Å². The first-order chi connectivity index (χ1) is 16.0. The van der Waals surface area contributed by atoms with Gasteiger partial charge < -0.3 is 24.3 Å². The van der Waals surface area contributed by atoms with Gasteiger partial charge in [-0.25, -0.2) is 4.39 Å². The van der Waals surface area contributed by atoms with E-state index in [1.807, 2.05) is 60.7 Å². The van der Waals surface area contributed by atoms with Gasteiger partial charge in [0, 0.05) is 13.5 Å². The molecule has 1 fully saturated rings. The van der Waals surface area contributed by atoms with Gasteiger partial charge in [0.25, 0.3) is 0 Å². The topological polar surface area (TPSA) is 83.1 Å². The standard InChI is InChI=1S/C25H30FNO6/c1-17-22(33-21(29)14-13-20(28)27-2)23(30-15-18-9-5-3-6-10-18)24(25(26)32-17)31-16-19-11-7-4-8-12-19/h3-12,17,22-25H,13-16H2,1-2H3,(H,27,28)/t17?,22-,23+,24?,25-/m1/s1. The fourth-order valence-corrected chi connectivity index (χ4v) is 3.57. The molecule has 1 N–H and O–H groups in total. The molecular weight excluding hydrogens is 429 g/mol. The molecule has 178 valence electrons. The molecule has 1 aliphatic heterocycles. The number of amides is 1. The van der Waals surface area contributed by atoms with Crippen molar-refractivity contribution in [3.63, 3.8) is 0 Å². The molecule has 1 heterocycles. The highest BCUT2D eigenvalue weighted by Crippen LogP contribution is 2.30. The van der Waals surface area contributed by atoms with Gasteiger partial charge in [-0.3, -0.25) is 9.59 Å². The quantitative estimate of drug-likeness (QED) is 0.549. The summed E-state index contributed by atoms with van der Waals surface area (Å²) in [6, 6.07) is 18.8. The smallest absolute Gasteiger partial charge is 0.306 e. The first kappa shape index (κ1) is 24.8. The average molecular weight is 460 g/mol. The molecule has 7 nitrogen and oxygen atoms in total. The average Bonchev–Trinajstić information content (AvgIpc) is 2.83. The van der Waals surface area contributed by atoms with Gasteiger partial charge in [0.15, 0.2) is 6.10 Å². The first-order valence-electron chi connectivity index (χ1n) is 11.0. The lowest BCUT2D eigenvalue weighted by Gasteiger charge is -2.42. The Balaban J connectivity index is 1.74. The number of carbonyl (C=O) groups is 2. The number of halogens is 1. The van der Waals surface area contributed by atoms with Crippen molar-refractivity contribution in [1.82, 2.24) is 5.32 Å². The molecule has 0 aromatic heterocycles. The Morgan fingerprint density at radius 2 is 1.42 bits per heavy atom. The van der Waals surface area contributed by atoms with E-state index in [4.69, 9.17) is 18.9 Å². The van der Waals surface area contributed by atoms with Crippen LogP contribution in [0, 0.1) is 0 Å². The van der Waals surface area contributed by atoms with Crippen molar-refractivity contribution in [2.45, 2.75) is 63.8 Å². The molecule has 2 aromatic rings. The van der Waals surface area contributed by atoms with Crippen LogP contribution in [-0.4, -0.2) is 49.7 Å². The van der Waals surface area contributed by atoms with E-state index in [9.17, 15) is 14.0 Å². The number of ether oxygens (including phenoxy) is 4. The van der Waals surface area contributed by atoms with Gasteiger partial charge in [-0.05, 0) is 18.1 Å². The lowest BCUT2D eigenvalue weighted by Crippen LogP contribution is -2.58. The molecule has 5 atom stereocenters. The minimum atomic E-state index is -1.76. The molecule has 0 saturated carbocycles. The summed E-state index contributed by atoms with van der Waals surface area (Å²) in [5.41, 5.74) is 1.75. The van der Waals surface area contributed by atoms with Crippen molar-refractivity contribution in [2.24, 2.45) is 0 Å². The zero-order chi connectivity index (χ0) is 23.6. The lowest BCUT2D eigenvalue weighted by atomic mass is 9.99. The second kappa shape index (κ2) is 12.4. The Labute approximate surface area is 193 Å². The van der Waals surface area contributed by atoms with E-state index in [0.29, 0.717) is 0 Å². The molecular formula is C25H30FNO6. The highest BCUT2D eigenvalue weighted by Gasteiger charge is 2.48. The van der Waals surface area contributed by atoms with Crippen molar-refractivity contribution in [2.75, 3.05) is 7.05 Å². The van der Waals surface area contributed by atoms with Gasteiger partial charge >= 0.3 is 5.97 Å². The van der Waals surface area contributed by atoms with Crippen LogP contribution in [-0.2, 0) is 41.8 Å². The molecule has 1 amide bonds. The predicted octanol–water partition coefficient (Wildman–Crippen LogP) is 3.31. The van der Waals surface area contributed by atoms with Crippen LogP contribution in [0.15, 0.2) is 60.7 Å². The van der Waals surface area contributed by atoms with Crippen LogP contribution in [0.4, 0.5) is 4.39 Å². The number of hydrogen-bond donors (Lipinski definition) is 1. The molecule has 2 unspecified atom stereocenters. The van der Waals surface area contributed by atoms with Gasteiger partial charge in [-0.15, -0.1) is 0 Å². The molecule has 33 heavy (non-hydrogen) atoms. The molecule has 1 saturated heterocycles. The minimum Gasteiger partial charge on any atom is -0.457 e. The molecule has 0 bridgehead atoms. The third kappa shape index (κ3) is 7.35. The molecule has 2 aromatic carbocycles. The molecule has 1 aliphatic rings. The van der Waals surface area contributed by atoms with Crippen LogP contribution in [0.2, 0.25) is 0 Å². The maximum atomic E-state index is 15.0. The van der Waals surface area contributed by atoms with Crippen molar-refractivity contribution >= 4 is 11.9 Å². The van der Waals surface area contributed by atoms with Crippen LogP contribution in [0.1, 0.15) is 30.9 Å². The number of nitrogens with one attached hydrogen (secondary N) is 1. The number of rotatable bonds is 10. The monoisotopic (exact) mass is 459 g/mol. The Hall–Kier alpha value is -2.81. The number of esters is 1. The van der Waals surface area contributed by atoms with E-state index >= 15 is 0 Å². The Bertz CT molecular complexity index is 881. The summed E-state index contributed by atoms with van der Waals surface area (Å²) in [6.45, 7) is 1.95. The fraction of sp³-hybridized carbons (Fsp3) is 0.440. The van der Waals surface area contributed by atoms with Gasteiger partial charge in [0.2, 0.25) is 12.3 Å². The predicted molar refractivity (Wildman–Crippen MR) is 119 cm³/mol. The molecule has 3 rings (SSSR count). The van der Waals surface area contributed by atoms with E-state index in [2.05, 4.69) is 5.32 Å². The van der Waals surface area contributed by atoms with Crippen molar-refractivity contribution in [3.05, 3.63) is 71.8 Å². The first-order valence-corrected chi connectivity index (χ1v) is 11.0. The molecule has 8 heteroatoms. The summed E-state index contributed by atoms with van der Waals surface area (Å²) in [7, 11) is 1.49. The maximum absolute atomic E-state index is 15.0. The molecule has 0 radical (unpaired) electrons. The summed E-state index contributed by atoms with van der Waals surface area (Å²) in [5, 5.41) is 2.46. The summed E-state index contributed by atoms with van der Waals surface area (Å²) in [4.78, 5) is 23.9. The molecule has 0 aliphatic carbocycles. The highest BCUT2D eigenvalue weighted by atomic mass is 19.1. The van der Waals surface area contributed by atoms with E-state index in [1.54, 1.807) is 6.92 Å². The second-order valence-corrected chi connectivity index (χ2v) is 7.84. The summed E-state index contributed by atoms with van der Waals surface area (Å²) >= 11 is 0. The second-order valence-electron chi connectivity index (χ2n) is 7.84. The van der Waals surface area contributed by atoms with E-state index in [-0.39, 0.29) is 32.0 Å². The van der Waals surface area contributed by atoms with Gasteiger partial charge in [-0.2, -0.15) is 0 Å². The van der Waals surface area contributed by atoms with Crippen molar-refractivity contribution < 1.29 is 32.9 Å². The van der Waals surface area contributed by atoms with E-state index in [1.165, 1.54) is 7.05 Å². The Kier molecular flexibility index (Phi) is 9.35. The highest BCUT2D eigenvalue weighted by molar-refractivity contribution is 5.81. The minimum absolute atomic E-state index is 0.00744. The van der Waals surface area contributed by atoms with Gasteiger partial charge in [0.05, 0.1) is 25.7 Å². The lowest BCUT2D eigenvalue weighted by molar-refractivity contribution is -0.282. The largest absolute Gasteiger partial charge is 0.457 e. The fourth-order valence-electron chi connectivity index (χ4n) is 3.57. The summed E-state index contributed by atoms with van der Waals surface area (Å²) < 4.78 is 37.9. The van der Waals surface area contributed by atoms with E-state index < -0.39 is 36.7 Å². The molecule has 0 spiro atoms. The summed E-state index contributed by atoms with van der Waals surface area (Å²) in [6.07, 6.45) is -5.56. The van der Waals surface area contributed by atoms with E-state index in [0.717, 1.165) is 11.1 Å². The Morgan fingerprint density at radius 1 is 0.879 bits per heavy atom. The maximum Gasteiger partial charge on any atom is 0.306 e.